The molecular weight excluding hydrogens is 314 g/mol. The molecule has 2 unspecified atom stereocenters. The van der Waals surface area contributed by atoms with Crippen molar-refractivity contribution in [1.82, 2.24) is 14.7 Å². The molecule has 1 fully saturated rings. The molecule has 2 atom stereocenters. The van der Waals surface area contributed by atoms with Gasteiger partial charge < -0.3 is 4.90 Å². The largest absolute Gasteiger partial charge is 0.341 e. The second-order valence-corrected chi connectivity index (χ2v) is 7.08. The Morgan fingerprint density at radius 3 is 2.60 bits per heavy atom. The summed E-state index contributed by atoms with van der Waals surface area (Å²) in [7, 11) is 0. The topological polar surface area (TPSA) is 55.2 Å². The molecule has 25 heavy (non-hydrogen) atoms. The van der Waals surface area contributed by atoms with E-state index in [0.717, 1.165) is 31.5 Å². The zero-order valence-electron chi connectivity index (χ0n) is 15.1. The van der Waals surface area contributed by atoms with Gasteiger partial charge in [-0.1, -0.05) is 36.8 Å². The van der Waals surface area contributed by atoms with Crippen LogP contribution in [0.1, 0.15) is 38.3 Å². The lowest BCUT2D eigenvalue weighted by Gasteiger charge is -2.32. The third-order valence-electron chi connectivity index (χ3n) is 4.87. The summed E-state index contributed by atoms with van der Waals surface area (Å²) in [6.45, 7) is 7.47. The lowest BCUT2D eigenvalue weighted by Crippen LogP contribution is -2.44. The SMILES string of the molecule is Cc1ccc(-c2ccc(=O)n(C(C)C(=O)N3CCCC(C)C3)n2)cc1. The van der Waals surface area contributed by atoms with Gasteiger partial charge in [-0.05, 0) is 38.7 Å². The van der Waals surface area contributed by atoms with Gasteiger partial charge in [0.2, 0.25) is 5.91 Å². The third-order valence-corrected chi connectivity index (χ3v) is 4.87. The monoisotopic (exact) mass is 339 g/mol. The van der Waals surface area contributed by atoms with E-state index in [1.54, 1.807) is 13.0 Å². The Hall–Kier alpha value is -2.43. The van der Waals surface area contributed by atoms with Crippen LogP contribution >= 0.6 is 0 Å². The predicted molar refractivity (Wildman–Crippen MR) is 98.4 cm³/mol. The Kier molecular flexibility index (Phi) is 5.02. The van der Waals surface area contributed by atoms with Crippen molar-refractivity contribution in [1.29, 1.82) is 0 Å². The maximum absolute atomic E-state index is 12.8. The fraction of sp³-hybridized carbons (Fsp3) is 0.450. The highest BCUT2D eigenvalue weighted by molar-refractivity contribution is 5.80. The van der Waals surface area contributed by atoms with Gasteiger partial charge in [-0.25, -0.2) is 4.68 Å². The quantitative estimate of drug-likeness (QED) is 0.864. The van der Waals surface area contributed by atoms with Gasteiger partial charge in [0.1, 0.15) is 6.04 Å². The molecule has 5 heteroatoms. The number of aryl methyl sites for hydroxylation is 1. The summed E-state index contributed by atoms with van der Waals surface area (Å²) in [5.41, 5.74) is 2.55. The number of piperidine rings is 1. The summed E-state index contributed by atoms with van der Waals surface area (Å²) < 4.78 is 1.32. The summed E-state index contributed by atoms with van der Waals surface area (Å²) in [5.74, 6) is 0.482. The highest BCUT2D eigenvalue weighted by Crippen LogP contribution is 2.20. The molecule has 1 aromatic carbocycles. The summed E-state index contributed by atoms with van der Waals surface area (Å²) in [6, 6.07) is 10.6. The van der Waals surface area contributed by atoms with Crippen LogP contribution in [0.4, 0.5) is 0 Å². The van der Waals surface area contributed by atoms with Crippen LogP contribution in [0.5, 0.6) is 0 Å². The van der Waals surface area contributed by atoms with E-state index in [1.165, 1.54) is 16.3 Å². The van der Waals surface area contributed by atoms with E-state index in [1.807, 2.05) is 36.1 Å². The fourth-order valence-corrected chi connectivity index (χ4v) is 3.34. The first-order chi connectivity index (χ1) is 12.0. The highest BCUT2D eigenvalue weighted by Gasteiger charge is 2.27. The number of nitrogens with zero attached hydrogens (tertiary/aromatic N) is 3. The molecule has 1 aliphatic rings. The second-order valence-electron chi connectivity index (χ2n) is 7.08. The molecule has 0 spiro atoms. The van der Waals surface area contributed by atoms with Crippen LogP contribution in [-0.4, -0.2) is 33.7 Å². The second kappa shape index (κ2) is 7.21. The number of hydrogen-bond donors (Lipinski definition) is 0. The fourth-order valence-electron chi connectivity index (χ4n) is 3.34. The van der Waals surface area contributed by atoms with E-state index in [9.17, 15) is 9.59 Å². The van der Waals surface area contributed by atoms with Crippen LogP contribution in [-0.2, 0) is 4.79 Å². The van der Waals surface area contributed by atoms with Crippen LogP contribution in [0.25, 0.3) is 11.3 Å². The highest BCUT2D eigenvalue weighted by atomic mass is 16.2. The average Bonchev–Trinajstić information content (AvgIpc) is 2.62. The summed E-state index contributed by atoms with van der Waals surface area (Å²) >= 11 is 0. The maximum Gasteiger partial charge on any atom is 0.267 e. The van der Waals surface area contributed by atoms with Gasteiger partial charge in [0.25, 0.3) is 5.56 Å². The van der Waals surface area contributed by atoms with Gasteiger partial charge in [0, 0.05) is 24.7 Å². The molecule has 5 nitrogen and oxygen atoms in total. The number of aromatic nitrogens is 2. The molecular formula is C20H25N3O2. The molecule has 0 bridgehead atoms. The van der Waals surface area contributed by atoms with Crippen molar-refractivity contribution in [3.63, 3.8) is 0 Å². The molecule has 0 radical (unpaired) electrons. The molecule has 0 aliphatic carbocycles. The zero-order valence-corrected chi connectivity index (χ0v) is 15.1. The molecule has 132 valence electrons. The number of hydrogen-bond acceptors (Lipinski definition) is 3. The van der Waals surface area contributed by atoms with Crippen molar-refractivity contribution < 1.29 is 4.79 Å². The third kappa shape index (κ3) is 3.81. The standard InChI is InChI=1S/C20H25N3O2/c1-14-6-8-17(9-7-14)18-10-11-19(24)23(21-18)16(3)20(25)22-12-4-5-15(2)13-22/h6-11,15-16H,4-5,12-13H2,1-3H3. The molecule has 0 N–H and O–H groups in total. The van der Waals surface area contributed by atoms with Crippen LogP contribution < -0.4 is 5.56 Å². The van der Waals surface area contributed by atoms with E-state index in [2.05, 4.69) is 12.0 Å². The van der Waals surface area contributed by atoms with Crippen molar-refractivity contribution in [3.8, 4) is 11.3 Å². The number of likely N-dealkylation sites (tertiary alicyclic amines) is 1. The van der Waals surface area contributed by atoms with E-state index in [4.69, 9.17) is 0 Å². The average molecular weight is 339 g/mol. The molecule has 1 aromatic heterocycles. The Bertz CT molecular complexity index is 810. The van der Waals surface area contributed by atoms with E-state index in [0.29, 0.717) is 11.6 Å². The molecule has 1 amide bonds. The van der Waals surface area contributed by atoms with Gasteiger partial charge in [0.15, 0.2) is 0 Å². The number of carbonyl (C=O) groups excluding carboxylic acids is 1. The summed E-state index contributed by atoms with van der Waals surface area (Å²) in [5, 5.41) is 4.46. The normalized spacial score (nSPS) is 18.8. The smallest absolute Gasteiger partial charge is 0.267 e. The predicted octanol–water partition coefficient (Wildman–Crippen LogP) is 3.04. The minimum atomic E-state index is -0.594. The number of rotatable bonds is 3. The van der Waals surface area contributed by atoms with Crippen LogP contribution in [0.2, 0.25) is 0 Å². The Morgan fingerprint density at radius 2 is 1.92 bits per heavy atom. The molecule has 3 rings (SSSR count). The van der Waals surface area contributed by atoms with Crippen molar-refractivity contribution in [3.05, 3.63) is 52.3 Å². The van der Waals surface area contributed by atoms with E-state index >= 15 is 0 Å². The first-order valence-corrected chi connectivity index (χ1v) is 8.91. The minimum Gasteiger partial charge on any atom is -0.341 e. The summed E-state index contributed by atoms with van der Waals surface area (Å²) in [4.78, 5) is 27.0. The van der Waals surface area contributed by atoms with Crippen molar-refractivity contribution in [2.75, 3.05) is 13.1 Å². The van der Waals surface area contributed by atoms with Gasteiger partial charge >= 0.3 is 0 Å². The van der Waals surface area contributed by atoms with Crippen molar-refractivity contribution in [2.24, 2.45) is 5.92 Å². The minimum absolute atomic E-state index is 0.0257. The molecule has 0 saturated carbocycles. The van der Waals surface area contributed by atoms with Crippen molar-refractivity contribution >= 4 is 5.91 Å². The Labute approximate surface area is 148 Å². The maximum atomic E-state index is 12.8. The van der Waals surface area contributed by atoms with E-state index in [-0.39, 0.29) is 11.5 Å². The number of benzene rings is 1. The molecule has 1 aliphatic heterocycles. The Balaban J connectivity index is 1.88. The first kappa shape index (κ1) is 17.4. The molecule has 1 saturated heterocycles. The lowest BCUT2D eigenvalue weighted by molar-refractivity contribution is -0.136. The van der Waals surface area contributed by atoms with Gasteiger partial charge in [-0.15, -0.1) is 0 Å². The van der Waals surface area contributed by atoms with Crippen LogP contribution in [0.3, 0.4) is 0 Å². The van der Waals surface area contributed by atoms with Gasteiger partial charge in [0.05, 0.1) is 5.69 Å². The first-order valence-electron chi connectivity index (χ1n) is 8.91. The van der Waals surface area contributed by atoms with Crippen molar-refractivity contribution in [2.45, 2.75) is 39.7 Å². The van der Waals surface area contributed by atoms with E-state index < -0.39 is 6.04 Å². The summed E-state index contributed by atoms with van der Waals surface area (Å²) in [6.07, 6.45) is 2.17. The Morgan fingerprint density at radius 1 is 1.20 bits per heavy atom. The molecule has 2 aromatic rings. The number of carbonyl (C=O) groups is 1. The van der Waals surface area contributed by atoms with Gasteiger partial charge in [-0.3, -0.25) is 9.59 Å². The lowest BCUT2D eigenvalue weighted by atomic mass is 10.00. The molecule has 2 heterocycles. The number of amides is 1. The van der Waals surface area contributed by atoms with Crippen LogP contribution in [0.15, 0.2) is 41.2 Å². The van der Waals surface area contributed by atoms with Crippen LogP contribution in [0, 0.1) is 12.8 Å². The zero-order chi connectivity index (χ0) is 18.0. The van der Waals surface area contributed by atoms with Gasteiger partial charge in [-0.2, -0.15) is 5.10 Å².